The van der Waals surface area contributed by atoms with Crippen LogP contribution in [0.3, 0.4) is 0 Å². The van der Waals surface area contributed by atoms with E-state index in [1.165, 1.54) is 28.0 Å². The molecule has 0 unspecified atom stereocenters. The Balaban J connectivity index is 0.00000144. The molecule has 2 N–H and O–H groups in total. The third-order valence-corrected chi connectivity index (χ3v) is 4.14. The number of para-hydroxylation sites is 1. The molecule has 0 amide bonds. The van der Waals surface area contributed by atoms with Crippen molar-refractivity contribution in [2.45, 2.75) is 4.90 Å². The molecule has 10 heteroatoms. The van der Waals surface area contributed by atoms with Crippen molar-refractivity contribution >= 4 is 44.1 Å². The van der Waals surface area contributed by atoms with Gasteiger partial charge in [-0.25, -0.2) is 8.42 Å². The number of benzene rings is 1. The molecule has 0 saturated heterocycles. The predicted octanol–water partition coefficient (Wildman–Crippen LogP) is -2.66. The summed E-state index contributed by atoms with van der Waals surface area (Å²) < 4.78 is 35.4. The van der Waals surface area contributed by atoms with Gasteiger partial charge in [-0.15, -0.1) is 12.4 Å². The van der Waals surface area contributed by atoms with Crippen molar-refractivity contribution < 1.29 is 64.4 Å². The van der Waals surface area contributed by atoms with E-state index in [0.717, 1.165) is 0 Å². The maximum Gasteiger partial charge on any atom is 1.00 e. The molecule has 0 atom stereocenters. The Bertz CT molecular complexity index is 723. The first-order valence-electron chi connectivity index (χ1n) is 4.23. The summed E-state index contributed by atoms with van der Waals surface area (Å²) in [5.41, 5.74) is 0.340. The van der Waals surface area contributed by atoms with Crippen LogP contribution in [0.4, 0.5) is 0 Å². The number of hydrogen-bond donors (Lipinski definition) is 1. The van der Waals surface area contributed by atoms with E-state index in [1.807, 2.05) is 0 Å². The summed E-state index contributed by atoms with van der Waals surface area (Å²) in [6, 6.07) is 4.50. The van der Waals surface area contributed by atoms with Crippen molar-refractivity contribution in [2.75, 3.05) is 0 Å². The van der Waals surface area contributed by atoms with Gasteiger partial charge < -0.3 is 15.0 Å². The second kappa shape index (κ2) is 6.82. The van der Waals surface area contributed by atoms with Crippen molar-refractivity contribution in [3.05, 3.63) is 23.0 Å². The number of fused-ring (bicyclic) bond motifs is 1. The summed E-state index contributed by atoms with van der Waals surface area (Å²) in [6.45, 7) is 0. The minimum atomic E-state index is -4.49. The summed E-state index contributed by atoms with van der Waals surface area (Å²) >= 11 is 1.22. The molecule has 1 aromatic carbocycles. The molecule has 0 aliphatic rings. The Hall–Kier alpha value is 0.546. The third kappa shape index (κ3) is 3.35. The molecule has 2 aromatic rings. The van der Waals surface area contributed by atoms with Gasteiger partial charge in [0.1, 0.15) is 10.1 Å². The number of halogens is 1. The van der Waals surface area contributed by atoms with Crippen LogP contribution in [0.2, 0.25) is 0 Å². The van der Waals surface area contributed by atoms with Crippen LogP contribution in [0.1, 0.15) is 0 Å². The zero-order valence-electron chi connectivity index (χ0n) is 9.65. The number of nitrogens with two attached hydrogens (primary N) is 1. The number of nitrogens with zero attached hydrogens (tertiary/aromatic N) is 2. The molecule has 0 aliphatic heterocycles. The molecular weight excluding hydrogens is 325 g/mol. The second-order valence-corrected chi connectivity index (χ2v) is 5.49. The zero-order chi connectivity index (χ0) is 11.9. The Morgan fingerprint density at radius 2 is 2.06 bits per heavy atom. The van der Waals surface area contributed by atoms with E-state index in [-0.39, 0.29) is 68.7 Å². The molecule has 2 rings (SSSR count). The number of rotatable bonds is 1. The zero-order valence-corrected chi connectivity index (χ0v) is 15.2. The molecule has 18 heavy (non-hydrogen) atoms. The van der Waals surface area contributed by atoms with Crippen molar-refractivity contribution in [1.82, 2.24) is 4.57 Å². The fourth-order valence-electron chi connectivity index (χ4n) is 1.49. The summed E-state index contributed by atoms with van der Waals surface area (Å²) in [7, 11) is -2.88. The van der Waals surface area contributed by atoms with E-state index in [0.29, 0.717) is 15.0 Å². The van der Waals surface area contributed by atoms with Crippen molar-refractivity contribution in [2.24, 2.45) is 18.0 Å². The van der Waals surface area contributed by atoms with Crippen LogP contribution in [-0.4, -0.2) is 17.5 Å². The number of thiazole rings is 1. The van der Waals surface area contributed by atoms with Gasteiger partial charge in [0, 0.05) is 7.05 Å². The van der Waals surface area contributed by atoms with Crippen LogP contribution in [0.15, 0.2) is 28.2 Å². The monoisotopic (exact) mass is 333 g/mol. The van der Waals surface area contributed by atoms with E-state index < -0.39 is 10.1 Å². The summed E-state index contributed by atoms with van der Waals surface area (Å²) in [5, 5.41) is 3.52. The first-order chi connectivity index (χ1) is 7.45. The van der Waals surface area contributed by atoms with Gasteiger partial charge >= 0.3 is 51.4 Å². The molecule has 0 bridgehead atoms. The summed E-state index contributed by atoms with van der Waals surface area (Å²) in [6.07, 6.45) is 0. The van der Waals surface area contributed by atoms with Crippen LogP contribution < -0.4 is 62.0 Å². The fourth-order valence-corrected chi connectivity index (χ4v) is 3.25. The van der Waals surface area contributed by atoms with Gasteiger partial charge in [0.05, 0.1) is 15.1 Å². The predicted molar refractivity (Wildman–Crippen MR) is 65.8 cm³/mol. The second-order valence-electron chi connectivity index (χ2n) is 3.13. The van der Waals surface area contributed by atoms with Gasteiger partial charge in [-0.1, -0.05) is 17.4 Å². The maximum absolute atomic E-state index is 11.1. The smallest absolute Gasteiger partial charge is 0.744 e. The van der Waals surface area contributed by atoms with Crippen molar-refractivity contribution in [1.29, 1.82) is 0 Å². The van der Waals surface area contributed by atoms with E-state index in [9.17, 15) is 13.0 Å². The third-order valence-electron chi connectivity index (χ3n) is 2.17. The number of aromatic nitrogens is 1. The first kappa shape index (κ1) is 18.5. The fraction of sp³-hybridized carbons (Fsp3) is 0.125. The molecule has 0 aliphatic carbocycles. The van der Waals surface area contributed by atoms with Crippen molar-refractivity contribution in [3.63, 3.8) is 0 Å². The van der Waals surface area contributed by atoms with Gasteiger partial charge in [-0.05, 0) is 12.1 Å². The Kier molecular flexibility index (Phi) is 7.02. The van der Waals surface area contributed by atoms with Crippen LogP contribution >= 0.6 is 23.7 Å². The molecule has 94 valence electrons. The molecular formula is C8H9ClKN3O3S2. The topological polar surface area (TPSA) is 101 Å². The van der Waals surface area contributed by atoms with Crippen LogP contribution in [0.25, 0.3) is 10.2 Å². The number of aryl methyl sites for hydroxylation is 1. The van der Waals surface area contributed by atoms with Crippen LogP contribution in [0, 0.1) is 0 Å². The standard InChI is InChI=1S/C8H9N3O3S2.ClH.K/c1-11-7-5(15-8(11)10-9)3-2-4-6(7)16(12,13)14;;/h2-4H,9H2,1H3,(H,12,13,14);1H;/q;;+1/p-1/b10-8+;;. The molecule has 1 aromatic heterocycles. The first-order valence-corrected chi connectivity index (χ1v) is 6.46. The summed E-state index contributed by atoms with van der Waals surface area (Å²) in [4.78, 5) is 0.199. The Labute approximate surface area is 156 Å². The van der Waals surface area contributed by atoms with Gasteiger partial charge in [-0.3, -0.25) is 0 Å². The van der Waals surface area contributed by atoms with E-state index >= 15 is 0 Å². The Morgan fingerprint density at radius 3 is 2.56 bits per heavy atom. The average molecular weight is 334 g/mol. The minimum absolute atomic E-state index is 0. The Morgan fingerprint density at radius 1 is 1.44 bits per heavy atom. The van der Waals surface area contributed by atoms with Crippen molar-refractivity contribution in [3.8, 4) is 0 Å². The van der Waals surface area contributed by atoms with Gasteiger partial charge in [-0.2, -0.15) is 5.10 Å². The van der Waals surface area contributed by atoms with E-state index in [4.69, 9.17) is 5.84 Å². The molecule has 0 saturated carbocycles. The average Bonchev–Trinajstić information content (AvgIpc) is 2.54. The van der Waals surface area contributed by atoms with E-state index in [2.05, 4.69) is 5.10 Å². The van der Waals surface area contributed by atoms with Gasteiger partial charge in [0.2, 0.25) is 4.80 Å². The molecule has 0 spiro atoms. The van der Waals surface area contributed by atoms with Crippen LogP contribution in [-0.2, 0) is 17.2 Å². The maximum atomic E-state index is 11.1. The van der Waals surface area contributed by atoms with Crippen LogP contribution in [0.5, 0.6) is 0 Å². The summed E-state index contributed by atoms with van der Waals surface area (Å²) in [5.74, 6) is 5.16. The molecule has 0 radical (unpaired) electrons. The molecule has 1 heterocycles. The van der Waals surface area contributed by atoms with Gasteiger partial charge in [0.15, 0.2) is 0 Å². The number of hydrogen-bond acceptors (Lipinski definition) is 6. The quantitative estimate of drug-likeness (QED) is 0.266. The van der Waals surface area contributed by atoms with E-state index in [1.54, 1.807) is 13.1 Å². The normalized spacial score (nSPS) is 12.0. The molecule has 0 fully saturated rings. The largest absolute Gasteiger partial charge is 1.00 e. The van der Waals surface area contributed by atoms with Gasteiger partial charge in [0.25, 0.3) is 0 Å². The molecule has 6 nitrogen and oxygen atoms in total. The minimum Gasteiger partial charge on any atom is -0.744 e. The SMILES string of the molecule is Cl.Cn1/c(=N\N)sc2cccc(S(=O)(=O)[O-])c21.[K+].